The molecule has 0 unspecified atom stereocenters. The number of benzene rings is 1. The fourth-order valence-corrected chi connectivity index (χ4v) is 3.08. The molecule has 0 amide bonds. The number of hydrogen-bond donors (Lipinski definition) is 1. The van der Waals surface area contributed by atoms with Crippen molar-refractivity contribution in [3.8, 4) is 0 Å². The number of nitrogens with zero attached hydrogens (tertiary/aromatic N) is 1. The Bertz CT molecular complexity index is 577. The Labute approximate surface area is 105 Å². The van der Waals surface area contributed by atoms with Crippen molar-refractivity contribution < 1.29 is 22.1 Å². The molecular weight excluding hydrogens is 290 g/mol. The molecule has 0 fully saturated rings. The highest BCUT2D eigenvalue weighted by Crippen LogP contribution is 2.32. The molecule has 6 nitrogen and oxygen atoms in total. The molecule has 0 saturated carbocycles. The topological polar surface area (TPSA) is 103 Å². The van der Waals surface area contributed by atoms with Crippen molar-refractivity contribution in [3.63, 3.8) is 0 Å². The third kappa shape index (κ3) is 4.20. The molecule has 100 valence electrons. The van der Waals surface area contributed by atoms with Gasteiger partial charge in [0, 0.05) is 11.8 Å². The van der Waals surface area contributed by atoms with E-state index in [-0.39, 0.29) is 10.6 Å². The van der Waals surface area contributed by atoms with Crippen LogP contribution in [0.2, 0.25) is 0 Å². The average molecular weight is 298 g/mol. The number of primary sulfonamides is 1. The summed E-state index contributed by atoms with van der Waals surface area (Å²) < 4.78 is 47.4. The van der Waals surface area contributed by atoms with Crippen LogP contribution < -0.4 is 5.14 Å². The van der Waals surface area contributed by atoms with Crippen molar-refractivity contribution in [1.29, 1.82) is 0 Å². The first-order valence-electron chi connectivity index (χ1n) is 4.47. The Morgan fingerprint density at radius 2 is 2.00 bits per heavy atom. The summed E-state index contributed by atoms with van der Waals surface area (Å²) in [5.74, 6) is -2.87. The Hall–Kier alpha value is -1.26. The zero-order valence-corrected chi connectivity index (χ0v) is 10.4. The second-order valence-electron chi connectivity index (χ2n) is 3.21. The van der Waals surface area contributed by atoms with Crippen molar-refractivity contribution in [2.45, 2.75) is 4.90 Å². The molecule has 0 atom stereocenters. The molecule has 0 aliphatic carbocycles. The zero-order valence-electron chi connectivity index (χ0n) is 8.80. The van der Waals surface area contributed by atoms with Gasteiger partial charge in [0.1, 0.15) is 5.82 Å². The van der Waals surface area contributed by atoms with E-state index in [4.69, 9.17) is 5.14 Å². The number of sulfonamides is 1. The van der Waals surface area contributed by atoms with Crippen LogP contribution in [0.3, 0.4) is 0 Å². The van der Waals surface area contributed by atoms with Gasteiger partial charge in [-0.15, -0.1) is 11.8 Å². The van der Waals surface area contributed by atoms with Gasteiger partial charge in [-0.3, -0.25) is 10.1 Å². The van der Waals surface area contributed by atoms with Gasteiger partial charge in [0.2, 0.25) is 15.8 Å². The molecule has 0 bridgehead atoms. The quantitative estimate of drug-likeness (QED) is 0.500. The highest BCUT2D eigenvalue weighted by molar-refractivity contribution is 8.00. The molecular formula is C8H8F2N2O4S2. The summed E-state index contributed by atoms with van der Waals surface area (Å²) >= 11 is 0.650. The average Bonchev–Trinajstić information content (AvgIpc) is 2.13. The summed E-state index contributed by atoms with van der Waals surface area (Å²) in [6, 6.07) is 1.16. The molecule has 0 aliphatic rings. The maximum absolute atomic E-state index is 13.2. The van der Waals surface area contributed by atoms with Gasteiger partial charge in [-0.1, -0.05) is 0 Å². The van der Waals surface area contributed by atoms with Crippen molar-refractivity contribution >= 4 is 27.5 Å². The van der Waals surface area contributed by atoms with Gasteiger partial charge >= 0.3 is 5.69 Å². The number of hydrogen-bond acceptors (Lipinski definition) is 5. The van der Waals surface area contributed by atoms with Crippen LogP contribution in [0.1, 0.15) is 0 Å². The Morgan fingerprint density at radius 1 is 1.39 bits per heavy atom. The van der Waals surface area contributed by atoms with Crippen LogP contribution >= 0.6 is 11.8 Å². The van der Waals surface area contributed by atoms with Crippen LogP contribution in [-0.4, -0.2) is 24.8 Å². The van der Waals surface area contributed by atoms with Gasteiger partial charge in [0.25, 0.3) is 0 Å². The molecule has 0 spiro atoms. The first-order chi connectivity index (χ1) is 8.20. The van der Waals surface area contributed by atoms with Gasteiger partial charge in [-0.25, -0.2) is 17.9 Å². The first-order valence-corrected chi connectivity index (χ1v) is 7.17. The molecule has 0 saturated heterocycles. The van der Waals surface area contributed by atoms with Gasteiger partial charge in [0.05, 0.1) is 15.6 Å². The number of thioether (sulfide) groups is 1. The molecule has 1 aromatic rings. The SMILES string of the molecule is NS(=O)(=O)CCSc1cc(F)cc(F)c1[N+](=O)[O-]. The van der Waals surface area contributed by atoms with E-state index in [1.165, 1.54) is 0 Å². The van der Waals surface area contributed by atoms with Crippen LogP contribution in [0.25, 0.3) is 0 Å². The van der Waals surface area contributed by atoms with E-state index in [0.29, 0.717) is 17.8 Å². The van der Waals surface area contributed by atoms with Gasteiger partial charge in [-0.2, -0.15) is 4.39 Å². The molecule has 18 heavy (non-hydrogen) atoms. The van der Waals surface area contributed by atoms with E-state index in [2.05, 4.69) is 0 Å². The van der Waals surface area contributed by atoms with Crippen LogP contribution in [0.4, 0.5) is 14.5 Å². The summed E-state index contributed by atoms with van der Waals surface area (Å²) in [6.45, 7) is 0. The van der Waals surface area contributed by atoms with E-state index in [1.54, 1.807) is 0 Å². The predicted octanol–water partition coefficient (Wildman–Crippen LogP) is 1.25. The highest BCUT2D eigenvalue weighted by Gasteiger charge is 2.22. The monoisotopic (exact) mass is 298 g/mol. The molecule has 10 heteroatoms. The molecule has 0 heterocycles. The molecule has 2 N–H and O–H groups in total. The van der Waals surface area contributed by atoms with Crippen molar-refractivity contribution in [2.24, 2.45) is 5.14 Å². The van der Waals surface area contributed by atoms with Crippen molar-refractivity contribution in [2.75, 3.05) is 11.5 Å². The lowest BCUT2D eigenvalue weighted by Gasteiger charge is -2.03. The lowest BCUT2D eigenvalue weighted by Crippen LogP contribution is -2.17. The van der Waals surface area contributed by atoms with E-state index in [0.717, 1.165) is 6.07 Å². The third-order valence-electron chi connectivity index (χ3n) is 1.80. The molecule has 0 aliphatic heterocycles. The number of nitro benzene ring substituents is 1. The summed E-state index contributed by atoms with van der Waals surface area (Å²) in [5, 5.41) is 15.3. The largest absolute Gasteiger partial charge is 0.318 e. The van der Waals surface area contributed by atoms with Crippen LogP contribution in [0, 0.1) is 21.7 Å². The highest BCUT2D eigenvalue weighted by atomic mass is 32.2. The van der Waals surface area contributed by atoms with Crippen LogP contribution in [0.5, 0.6) is 0 Å². The van der Waals surface area contributed by atoms with Crippen molar-refractivity contribution in [3.05, 3.63) is 33.9 Å². The number of nitrogens with two attached hydrogens (primary N) is 1. The molecule has 1 aromatic carbocycles. The minimum atomic E-state index is -3.73. The second-order valence-corrected chi connectivity index (χ2v) is 6.08. The summed E-state index contributed by atoms with van der Waals surface area (Å²) in [7, 11) is -3.73. The maximum atomic E-state index is 13.2. The minimum absolute atomic E-state index is 0.136. The Kier molecular flexibility index (Phi) is 4.59. The Balaban J connectivity index is 2.97. The lowest BCUT2D eigenvalue weighted by atomic mass is 10.3. The summed E-state index contributed by atoms with van der Waals surface area (Å²) in [5.41, 5.74) is -0.879. The molecule has 0 radical (unpaired) electrons. The molecule has 0 aromatic heterocycles. The fraction of sp³-hybridized carbons (Fsp3) is 0.250. The van der Waals surface area contributed by atoms with Gasteiger partial charge in [0.15, 0.2) is 0 Å². The standard InChI is InChI=1S/C8H8F2N2O4S2/c9-5-3-6(10)8(12(13)14)7(4-5)17-1-2-18(11,15)16/h3-4H,1-2H2,(H2,11,15,16). The van der Waals surface area contributed by atoms with Crippen LogP contribution in [-0.2, 0) is 10.0 Å². The predicted molar refractivity (Wildman–Crippen MR) is 61.7 cm³/mol. The van der Waals surface area contributed by atoms with E-state index < -0.39 is 38.0 Å². The normalized spacial score (nSPS) is 11.5. The Morgan fingerprint density at radius 3 is 2.50 bits per heavy atom. The number of halogens is 2. The molecule has 1 rings (SSSR count). The maximum Gasteiger partial charge on any atom is 0.318 e. The fourth-order valence-electron chi connectivity index (χ4n) is 1.10. The first kappa shape index (κ1) is 14.8. The van der Waals surface area contributed by atoms with E-state index in [1.807, 2.05) is 0 Å². The second kappa shape index (κ2) is 5.59. The lowest BCUT2D eigenvalue weighted by molar-refractivity contribution is -0.390. The van der Waals surface area contributed by atoms with Crippen molar-refractivity contribution in [1.82, 2.24) is 0 Å². The van der Waals surface area contributed by atoms with Gasteiger partial charge < -0.3 is 0 Å². The van der Waals surface area contributed by atoms with E-state index in [9.17, 15) is 27.3 Å². The number of nitro groups is 1. The smallest absolute Gasteiger partial charge is 0.258 e. The van der Waals surface area contributed by atoms with E-state index >= 15 is 0 Å². The number of rotatable bonds is 5. The minimum Gasteiger partial charge on any atom is -0.258 e. The van der Waals surface area contributed by atoms with Gasteiger partial charge in [-0.05, 0) is 6.07 Å². The van der Waals surface area contributed by atoms with Crippen LogP contribution in [0.15, 0.2) is 17.0 Å². The third-order valence-corrected chi connectivity index (χ3v) is 3.86. The summed E-state index contributed by atoms with van der Waals surface area (Å²) in [6.07, 6.45) is 0. The summed E-state index contributed by atoms with van der Waals surface area (Å²) in [4.78, 5) is 9.33. The zero-order chi connectivity index (χ0) is 13.9.